The molecule has 0 bridgehead atoms. The average molecular weight is 496 g/mol. The number of aromatic hydroxyl groups is 1. The number of carbonyl (C=O) groups is 2. The molecule has 1 unspecified atom stereocenters. The Balaban J connectivity index is 0.00000320. The van der Waals surface area contributed by atoms with E-state index in [9.17, 15) is 14.7 Å². The minimum absolute atomic E-state index is 0. The SMILES string of the molecule is CC(C(=O)Nc1ccc(C(=O)N2CCCC2)c(Br)c1)c1cc(C(=N)N)ccc1O.Cl. The van der Waals surface area contributed by atoms with Crippen molar-refractivity contribution < 1.29 is 14.7 Å². The molecule has 2 aromatic rings. The summed E-state index contributed by atoms with van der Waals surface area (Å²) in [7, 11) is 0. The van der Waals surface area contributed by atoms with Crippen LogP contribution in [-0.2, 0) is 4.79 Å². The Bertz CT molecular complexity index is 977. The molecule has 30 heavy (non-hydrogen) atoms. The molecular formula is C21H24BrClN4O3. The zero-order valence-electron chi connectivity index (χ0n) is 16.4. The summed E-state index contributed by atoms with van der Waals surface area (Å²) in [5, 5.41) is 20.4. The van der Waals surface area contributed by atoms with Crippen molar-refractivity contribution in [3.8, 4) is 5.75 Å². The van der Waals surface area contributed by atoms with Crippen LogP contribution in [0.1, 0.15) is 47.2 Å². The number of nitrogens with two attached hydrogens (primary N) is 1. The highest BCUT2D eigenvalue weighted by Crippen LogP contribution is 2.29. The fourth-order valence-corrected chi connectivity index (χ4v) is 3.87. The molecule has 9 heteroatoms. The molecular weight excluding hydrogens is 472 g/mol. The van der Waals surface area contributed by atoms with Crippen LogP contribution in [0, 0.1) is 5.41 Å². The van der Waals surface area contributed by atoms with Crippen molar-refractivity contribution >= 4 is 51.7 Å². The summed E-state index contributed by atoms with van der Waals surface area (Å²) in [5.74, 6) is -1.19. The van der Waals surface area contributed by atoms with Gasteiger partial charge in [-0.3, -0.25) is 15.0 Å². The smallest absolute Gasteiger partial charge is 0.254 e. The fraction of sp³-hybridized carbons (Fsp3) is 0.286. The van der Waals surface area contributed by atoms with Crippen molar-refractivity contribution in [3.05, 3.63) is 57.6 Å². The van der Waals surface area contributed by atoms with Gasteiger partial charge in [-0.05, 0) is 72.1 Å². The highest BCUT2D eigenvalue weighted by molar-refractivity contribution is 9.10. The van der Waals surface area contributed by atoms with Crippen LogP contribution >= 0.6 is 28.3 Å². The summed E-state index contributed by atoms with van der Waals surface area (Å²) < 4.78 is 0.612. The molecule has 1 aliphatic heterocycles. The molecule has 0 radical (unpaired) electrons. The van der Waals surface area contributed by atoms with E-state index >= 15 is 0 Å². The molecule has 1 fully saturated rings. The summed E-state index contributed by atoms with van der Waals surface area (Å²) >= 11 is 3.43. The van der Waals surface area contributed by atoms with E-state index in [4.69, 9.17) is 11.1 Å². The number of amides is 2. The largest absolute Gasteiger partial charge is 0.508 e. The predicted octanol–water partition coefficient (Wildman–Crippen LogP) is 3.84. The molecule has 0 aliphatic carbocycles. The Morgan fingerprint density at radius 2 is 1.87 bits per heavy atom. The standard InChI is InChI=1S/C21H23BrN4O3.ClH/c1-12(16-10-13(19(23)24)4-7-18(16)27)20(28)25-14-5-6-15(17(22)11-14)21(29)26-8-2-3-9-26;/h4-7,10-12,27H,2-3,8-9H2,1H3,(H3,23,24)(H,25,28);1H. The number of nitrogens with zero attached hydrogens (tertiary/aromatic N) is 1. The second kappa shape index (κ2) is 9.95. The summed E-state index contributed by atoms with van der Waals surface area (Å²) in [6.45, 7) is 3.20. The first kappa shape index (κ1) is 23.7. The van der Waals surface area contributed by atoms with Gasteiger partial charge < -0.3 is 21.1 Å². The number of carbonyl (C=O) groups excluding carboxylic acids is 2. The van der Waals surface area contributed by atoms with Crippen LogP contribution in [0.2, 0.25) is 0 Å². The Kier molecular flexibility index (Phi) is 7.86. The number of hydrogen-bond donors (Lipinski definition) is 4. The van der Waals surface area contributed by atoms with Gasteiger partial charge in [-0.25, -0.2) is 0 Å². The maximum absolute atomic E-state index is 12.7. The summed E-state index contributed by atoms with van der Waals surface area (Å²) in [6, 6.07) is 9.56. The van der Waals surface area contributed by atoms with Crippen molar-refractivity contribution in [3.63, 3.8) is 0 Å². The molecule has 5 N–H and O–H groups in total. The van der Waals surface area contributed by atoms with Crippen LogP contribution in [0.15, 0.2) is 40.9 Å². The molecule has 2 amide bonds. The summed E-state index contributed by atoms with van der Waals surface area (Å²) in [5.41, 5.74) is 7.41. The second-order valence-corrected chi connectivity index (χ2v) is 7.95. The molecule has 1 heterocycles. The molecule has 160 valence electrons. The predicted molar refractivity (Wildman–Crippen MR) is 123 cm³/mol. The van der Waals surface area contributed by atoms with Gasteiger partial charge in [0.25, 0.3) is 5.91 Å². The number of amidine groups is 1. The number of phenols is 1. The molecule has 1 atom stereocenters. The molecule has 7 nitrogen and oxygen atoms in total. The van der Waals surface area contributed by atoms with Crippen molar-refractivity contribution in [1.82, 2.24) is 4.90 Å². The average Bonchev–Trinajstić information content (AvgIpc) is 3.22. The Hall–Kier alpha value is -2.58. The number of benzene rings is 2. The van der Waals surface area contributed by atoms with Gasteiger partial charge in [0.05, 0.1) is 11.5 Å². The van der Waals surface area contributed by atoms with Crippen molar-refractivity contribution in [1.29, 1.82) is 5.41 Å². The number of nitrogens with one attached hydrogen (secondary N) is 2. The summed E-state index contributed by atoms with van der Waals surface area (Å²) in [6.07, 6.45) is 2.04. The number of rotatable bonds is 5. The third kappa shape index (κ3) is 5.12. The van der Waals surface area contributed by atoms with E-state index in [0.717, 1.165) is 25.9 Å². The van der Waals surface area contributed by atoms with Crippen LogP contribution in [0.5, 0.6) is 5.75 Å². The normalized spacial score (nSPS) is 14.0. The van der Waals surface area contributed by atoms with Gasteiger partial charge in [0.1, 0.15) is 11.6 Å². The third-order valence-corrected chi connectivity index (χ3v) is 5.71. The van der Waals surface area contributed by atoms with E-state index in [1.165, 1.54) is 18.2 Å². The minimum atomic E-state index is -0.668. The van der Waals surface area contributed by atoms with E-state index in [2.05, 4.69) is 21.2 Å². The number of halogens is 2. The second-order valence-electron chi connectivity index (χ2n) is 7.09. The number of hydrogen-bond acceptors (Lipinski definition) is 4. The Morgan fingerprint density at radius 3 is 2.47 bits per heavy atom. The van der Waals surface area contributed by atoms with Crippen molar-refractivity contribution in [2.24, 2.45) is 5.73 Å². The van der Waals surface area contributed by atoms with Crippen LogP contribution in [0.25, 0.3) is 0 Å². The molecule has 1 saturated heterocycles. The van der Waals surface area contributed by atoms with Gasteiger partial charge in [-0.2, -0.15) is 0 Å². The monoisotopic (exact) mass is 494 g/mol. The van der Waals surface area contributed by atoms with Crippen LogP contribution < -0.4 is 11.1 Å². The lowest BCUT2D eigenvalue weighted by molar-refractivity contribution is -0.117. The van der Waals surface area contributed by atoms with E-state index in [-0.39, 0.29) is 35.8 Å². The van der Waals surface area contributed by atoms with E-state index in [0.29, 0.717) is 26.9 Å². The number of phenolic OH excluding ortho intramolecular Hbond substituents is 1. The highest BCUT2D eigenvalue weighted by atomic mass is 79.9. The molecule has 1 aliphatic rings. The van der Waals surface area contributed by atoms with E-state index < -0.39 is 5.92 Å². The quantitative estimate of drug-likeness (QED) is 0.372. The van der Waals surface area contributed by atoms with Crippen LogP contribution in [-0.4, -0.2) is 40.7 Å². The van der Waals surface area contributed by atoms with Crippen LogP contribution in [0.3, 0.4) is 0 Å². The third-order valence-electron chi connectivity index (χ3n) is 5.06. The molecule has 0 saturated carbocycles. The lowest BCUT2D eigenvalue weighted by atomic mass is 9.96. The number of nitrogen functional groups attached to an aromatic ring is 1. The van der Waals surface area contributed by atoms with Crippen molar-refractivity contribution in [2.75, 3.05) is 18.4 Å². The molecule has 0 aromatic heterocycles. The lowest BCUT2D eigenvalue weighted by Crippen LogP contribution is -2.28. The maximum Gasteiger partial charge on any atom is 0.254 e. The molecule has 2 aromatic carbocycles. The Morgan fingerprint density at radius 1 is 1.20 bits per heavy atom. The summed E-state index contributed by atoms with van der Waals surface area (Å²) in [4.78, 5) is 27.1. The number of likely N-dealkylation sites (tertiary alicyclic amines) is 1. The van der Waals surface area contributed by atoms with Gasteiger partial charge in [-0.1, -0.05) is 0 Å². The Labute approximate surface area is 189 Å². The van der Waals surface area contributed by atoms with Gasteiger partial charge in [0, 0.05) is 34.4 Å². The van der Waals surface area contributed by atoms with Gasteiger partial charge in [-0.15, -0.1) is 12.4 Å². The fourth-order valence-electron chi connectivity index (χ4n) is 3.32. The first-order valence-corrected chi connectivity index (χ1v) is 10.1. The van der Waals surface area contributed by atoms with Crippen LogP contribution in [0.4, 0.5) is 5.69 Å². The topological polar surface area (TPSA) is 120 Å². The van der Waals surface area contributed by atoms with E-state index in [1.54, 1.807) is 25.1 Å². The van der Waals surface area contributed by atoms with Gasteiger partial charge >= 0.3 is 0 Å². The first-order valence-electron chi connectivity index (χ1n) is 9.35. The minimum Gasteiger partial charge on any atom is -0.508 e. The lowest BCUT2D eigenvalue weighted by Gasteiger charge is -2.18. The van der Waals surface area contributed by atoms with Gasteiger partial charge in [0.2, 0.25) is 5.91 Å². The number of anilines is 1. The zero-order chi connectivity index (χ0) is 21.1. The van der Waals surface area contributed by atoms with Gasteiger partial charge in [0.15, 0.2) is 0 Å². The maximum atomic E-state index is 12.7. The first-order chi connectivity index (χ1) is 13.8. The molecule has 0 spiro atoms. The van der Waals surface area contributed by atoms with E-state index in [1.807, 2.05) is 4.90 Å². The highest BCUT2D eigenvalue weighted by Gasteiger charge is 2.23. The van der Waals surface area contributed by atoms with Crippen molar-refractivity contribution in [2.45, 2.75) is 25.7 Å². The zero-order valence-corrected chi connectivity index (χ0v) is 18.8. The molecule has 3 rings (SSSR count).